The van der Waals surface area contributed by atoms with Crippen LogP contribution in [0.4, 0.5) is 4.39 Å². The van der Waals surface area contributed by atoms with Crippen LogP contribution in [0.3, 0.4) is 0 Å². The Morgan fingerprint density at radius 3 is 2.86 bits per heavy atom. The van der Waals surface area contributed by atoms with E-state index in [0.29, 0.717) is 12.0 Å². The zero-order valence-corrected chi connectivity index (χ0v) is 9.72. The molecule has 0 aliphatic heterocycles. The molecule has 0 aliphatic rings. The highest BCUT2D eigenvalue weighted by atomic mass is 79.9. The molecule has 1 N–H and O–H groups in total. The fraction of sp³-hybridized carbons (Fsp3) is 0.455. The van der Waals surface area contributed by atoms with Crippen LogP contribution in [0, 0.1) is 5.82 Å². The van der Waals surface area contributed by atoms with Crippen molar-refractivity contribution in [3.8, 4) is 0 Å². The predicted octanol–water partition coefficient (Wildman–Crippen LogP) is 3.81. The molecule has 14 heavy (non-hydrogen) atoms. The summed E-state index contributed by atoms with van der Waals surface area (Å²) in [5.41, 5.74) is 0.637. The number of unbranched alkanes of at least 4 members (excludes halogenated alkanes) is 1. The topological polar surface area (TPSA) is 20.2 Å². The maximum absolute atomic E-state index is 12.9. The quantitative estimate of drug-likeness (QED) is 0.873. The van der Waals surface area contributed by atoms with Crippen LogP contribution in [0.5, 0.6) is 0 Å². The average molecular weight is 261 g/mol. The van der Waals surface area contributed by atoms with E-state index in [9.17, 15) is 9.50 Å². The van der Waals surface area contributed by atoms with E-state index >= 15 is 0 Å². The third kappa shape index (κ3) is 3.07. The molecule has 1 aromatic carbocycles. The normalized spacial score (nSPS) is 12.9. The van der Waals surface area contributed by atoms with Crippen molar-refractivity contribution in [2.75, 3.05) is 0 Å². The molecule has 1 atom stereocenters. The van der Waals surface area contributed by atoms with E-state index in [1.165, 1.54) is 12.1 Å². The molecule has 0 saturated carbocycles. The van der Waals surface area contributed by atoms with E-state index in [-0.39, 0.29) is 5.82 Å². The lowest BCUT2D eigenvalue weighted by molar-refractivity contribution is 0.163. The number of hydrogen-bond acceptors (Lipinski definition) is 1. The number of aliphatic hydroxyl groups excluding tert-OH is 1. The fourth-order valence-corrected chi connectivity index (χ4v) is 1.83. The van der Waals surface area contributed by atoms with Gasteiger partial charge in [0.1, 0.15) is 5.82 Å². The first-order valence-electron chi connectivity index (χ1n) is 4.78. The largest absolute Gasteiger partial charge is 0.388 e. The average Bonchev–Trinajstić information content (AvgIpc) is 2.18. The second-order valence-corrected chi connectivity index (χ2v) is 4.18. The zero-order valence-electron chi connectivity index (χ0n) is 8.13. The van der Waals surface area contributed by atoms with Crippen molar-refractivity contribution in [1.82, 2.24) is 0 Å². The van der Waals surface area contributed by atoms with Crippen LogP contribution in [0.1, 0.15) is 37.9 Å². The molecule has 0 saturated heterocycles. The monoisotopic (exact) mass is 260 g/mol. The van der Waals surface area contributed by atoms with Gasteiger partial charge in [-0.05, 0) is 30.2 Å². The molecule has 0 heterocycles. The van der Waals surface area contributed by atoms with Gasteiger partial charge in [0.05, 0.1) is 6.10 Å². The van der Waals surface area contributed by atoms with E-state index in [2.05, 4.69) is 22.9 Å². The summed E-state index contributed by atoms with van der Waals surface area (Å²) in [7, 11) is 0. The summed E-state index contributed by atoms with van der Waals surface area (Å²) >= 11 is 3.30. The van der Waals surface area contributed by atoms with E-state index < -0.39 is 6.10 Å². The number of benzene rings is 1. The highest BCUT2D eigenvalue weighted by Gasteiger charge is 2.11. The van der Waals surface area contributed by atoms with Gasteiger partial charge in [0.15, 0.2) is 0 Å². The summed E-state index contributed by atoms with van der Waals surface area (Å²) in [6.07, 6.45) is 2.09. The molecule has 0 aliphatic carbocycles. The highest BCUT2D eigenvalue weighted by Crippen LogP contribution is 2.27. The summed E-state index contributed by atoms with van der Waals surface area (Å²) in [4.78, 5) is 0. The summed E-state index contributed by atoms with van der Waals surface area (Å²) in [6, 6.07) is 4.38. The third-order valence-corrected chi connectivity index (χ3v) is 2.87. The maximum Gasteiger partial charge on any atom is 0.123 e. The molecule has 0 aromatic heterocycles. The van der Waals surface area contributed by atoms with Crippen LogP contribution in [0.15, 0.2) is 22.7 Å². The molecule has 1 unspecified atom stereocenters. The van der Waals surface area contributed by atoms with Gasteiger partial charge >= 0.3 is 0 Å². The van der Waals surface area contributed by atoms with Gasteiger partial charge in [-0.2, -0.15) is 0 Å². The number of aliphatic hydroxyl groups is 1. The van der Waals surface area contributed by atoms with Crippen LogP contribution in [-0.2, 0) is 0 Å². The molecule has 0 radical (unpaired) electrons. The van der Waals surface area contributed by atoms with Crippen molar-refractivity contribution in [2.24, 2.45) is 0 Å². The molecule has 1 rings (SSSR count). The molecule has 3 heteroatoms. The van der Waals surface area contributed by atoms with Crippen LogP contribution < -0.4 is 0 Å². The van der Waals surface area contributed by atoms with E-state index in [4.69, 9.17) is 0 Å². The van der Waals surface area contributed by atoms with E-state index in [0.717, 1.165) is 17.3 Å². The van der Waals surface area contributed by atoms with Gasteiger partial charge in [-0.15, -0.1) is 0 Å². The minimum absolute atomic E-state index is 0.307. The van der Waals surface area contributed by atoms with Crippen molar-refractivity contribution >= 4 is 15.9 Å². The standard InChI is InChI=1S/C11H14BrFO/c1-2-3-4-11(14)9-7-8(13)5-6-10(9)12/h5-7,11,14H,2-4H2,1H3. The lowest BCUT2D eigenvalue weighted by atomic mass is 10.0. The Morgan fingerprint density at radius 1 is 1.50 bits per heavy atom. The van der Waals surface area contributed by atoms with Crippen LogP contribution in [-0.4, -0.2) is 5.11 Å². The Labute approximate surface area is 92.1 Å². The van der Waals surface area contributed by atoms with Crippen molar-refractivity contribution in [1.29, 1.82) is 0 Å². The van der Waals surface area contributed by atoms with Crippen LogP contribution in [0.25, 0.3) is 0 Å². The summed E-state index contributed by atoms with van der Waals surface area (Å²) < 4.78 is 13.7. The van der Waals surface area contributed by atoms with Gasteiger partial charge < -0.3 is 5.11 Å². The van der Waals surface area contributed by atoms with Gasteiger partial charge in [-0.1, -0.05) is 35.7 Å². The molecule has 1 aromatic rings. The molecule has 1 nitrogen and oxygen atoms in total. The molecule has 78 valence electrons. The van der Waals surface area contributed by atoms with E-state index in [1.54, 1.807) is 6.07 Å². The van der Waals surface area contributed by atoms with Crippen molar-refractivity contribution in [3.63, 3.8) is 0 Å². The molecule has 0 amide bonds. The second kappa shape index (κ2) is 5.47. The van der Waals surface area contributed by atoms with Crippen molar-refractivity contribution in [3.05, 3.63) is 34.1 Å². The Morgan fingerprint density at radius 2 is 2.21 bits per heavy atom. The Kier molecular flexibility index (Phi) is 4.55. The van der Waals surface area contributed by atoms with E-state index in [1.807, 2.05) is 0 Å². The second-order valence-electron chi connectivity index (χ2n) is 3.32. The Bertz CT molecular complexity index is 301. The number of halogens is 2. The minimum atomic E-state index is -0.569. The van der Waals surface area contributed by atoms with Gasteiger partial charge in [0.25, 0.3) is 0 Å². The zero-order chi connectivity index (χ0) is 10.6. The Hall–Kier alpha value is -0.410. The summed E-state index contributed by atoms with van der Waals surface area (Å²) in [6.45, 7) is 2.06. The fourth-order valence-electron chi connectivity index (χ4n) is 1.32. The van der Waals surface area contributed by atoms with Crippen molar-refractivity contribution < 1.29 is 9.50 Å². The first-order valence-corrected chi connectivity index (χ1v) is 5.57. The predicted molar refractivity (Wildman–Crippen MR) is 58.6 cm³/mol. The Balaban J connectivity index is 2.77. The van der Waals surface area contributed by atoms with Gasteiger partial charge in [0, 0.05) is 4.47 Å². The van der Waals surface area contributed by atoms with Gasteiger partial charge in [-0.25, -0.2) is 4.39 Å². The molecular formula is C11H14BrFO. The maximum atomic E-state index is 12.9. The summed E-state index contributed by atoms with van der Waals surface area (Å²) in [5, 5.41) is 9.76. The van der Waals surface area contributed by atoms with Crippen molar-refractivity contribution in [2.45, 2.75) is 32.3 Å². The first kappa shape index (κ1) is 11.7. The number of rotatable bonds is 4. The third-order valence-electron chi connectivity index (χ3n) is 2.15. The summed E-state index contributed by atoms with van der Waals surface area (Å²) in [5.74, 6) is -0.307. The number of hydrogen-bond donors (Lipinski definition) is 1. The lowest BCUT2D eigenvalue weighted by Gasteiger charge is -2.12. The first-order chi connectivity index (χ1) is 6.65. The van der Waals surface area contributed by atoms with Gasteiger partial charge in [0.2, 0.25) is 0 Å². The van der Waals surface area contributed by atoms with Gasteiger partial charge in [-0.3, -0.25) is 0 Å². The molecular weight excluding hydrogens is 247 g/mol. The van der Waals surface area contributed by atoms with Crippen LogP contribution in [0.2, 0.25) is 0 Å². The van der Waals surface area contributed by atoms with Crippen LogP contribution >= 0.6 is 15.9 Å². The molecule has 0 bridgehead atoms. The molecule has 0 fully saturated rings. The smallest absolute Gasteiger partial charge is 0.123 e. The lowest BCUT2D eigenvalue weighted by Crippen LogP contribution is -1.99. The minimum Gasteiger partial charge on any atom is -0.388 e. The molecule has 0 spiro atoms. The highest BCUT2D eigenvalue weighted by molar-refractivity contribution is 9.10. The SMILES string of the molecule is CCCCC(O)c1cc(F)ccc1Br.